The molecule has 94 heavy (non-hydrogen) atoms. The van der Waals surface area contributed by atoms with Crippen molar-refractivity contribution in [2.75, 3.05) is 39.6 Å². The van der Waals surface area contributed by atoms with E-state index in [1.165, 1.54) is 173 Å². The Labute approximate surface area is 575 Å². The molecule has 3 N–H and O–H groups in total. The zero-order valence-electron chi connectivity index (χ0n) is 61.6. The highest BCUT2D eigenvalue weighted by Gasteiger charge is 2.30. The molecule has 0 bridgehead atoms. The van der Waals surface area contributed by atoms with Crippen LogP contribution in [0.25, 0.3) is 0 Å². The average Bonchev–Trinajstić information content (AvgIpc) is 1.13. The Morgan fingerprint density at radius 3 is 0.755 bits per heavy atom. The number of esters is 4. The fourth-order valence-corrected chi connectivity index (χ4v) is 12.9. The largest absolute Gasteiger partial charge is 0.472 e. The molecule has 3 unspecified atom stereocenters. The number of hydrogen-bond donors (Lipinski definition) is 3. The Morgan fingerprint density at radius 2 is 0.511 bits per heavy atom. The third-order valence-electron chi connectivity index (χ3n) is 17.7. The van der Waals surface area contributed by atoms with E-state index < -0.39 is 97.5 Å². The number of carbonyl (C=O) groups excluding carboxylic acids is 4. The van der Waals surface area contributed by atoms with Crippen LogP contribution in [0.15, 0.2) is 0 Å². The van der Waals surface area contributed by atoms with Gasteiger partial charge in [0.25, 0.3) is 0 Å². The summed E-state index contributed by atoms with van der Waals surface area (Å²) < 4.78 is 68.4. The van der Waals surface area contributed by atoms with Crippen LogP contribution < -0.4 is 0 Å². The predicted octanol–water partition coefficient (Wildman–Crippen LogP) is 21.7. The van der Waals surface area contributed by atoms with Gasteiger partial charge in [0.1, 0.15) is 19.3 Å². The van der Waals surface area contributed by atoms with Crippen molar-refractivity contribution in [3.8, 4) is 0 Å². The molecule has 0 aromatic rings. The number of rotatable bonds is 72. The van der Waals surface area contributed by atoms with Crippen molar-refractivity contribution in [1.82, 2.24) is 0 Å². The Morgan fingerprint density at radius 1 is 0.298 bits per heavy atom. The smallest absolute Gasteiger partial charge is 0.462 e. The van der Waals surface area contributed by atoms with Crippen LogP contribution in [-0.4, -0.2) is 96.7 Å². The molecular formula is C75H146O17P2. The summed E-state index contributed by atoms with van der Waals surface area (Å²) in [5, 5.41) is 10.6. The number of aliphatic hydroxyl groups is 1. The van der Waals surface area contributed by atoms with E-state index in [-0.39, 0.29) is 25.7 Å². The number of aliphatic hydroxyl groups excluding tert-OH is 1. The van der Waals surface area contributed by atoms with E-state index >= 15 is 0 Å². The molecule has 0 rings (SSSR count). The third kappa shape index (κ3) is 67.3. The Hall–Kier alpha value is -1.94. The highest BCUT2D eigenvalue weighted by Crippen LogP contribution is 2.45. The highest BCUT2D eigenvalue weighted by molar-refractivity contribution is 7.47. The number of carbonyl (C=O) groups is 4. The first-order chi connectivity index (χ1) is 45.1. The summed E-state index contributed by atoms with van der Waals surface area (Å²) in [6.45, 7) is 14.1. The predicted molar refractivity (Wildman–Crippen MR) is 381 cm³/mol. The van der Waals surface area contributed by atoms with Crippen molar-refractivity contribution in [3.63, 3.8) is 0 Å². The maximum Gasteiger partial charge on any atom is 0.472 e. The van der Waals surface area contributed by atoms with Crippen LogP contribution in [0, 0.1) is 23.7 Å². The molecular weight excluding hydrogens is 1230 g/mol. The summed E-state index contributed by atoms with van der Waals surface area (Å²) in [5.74, 6) is 0.888. The molecule has 0 saturated carbocycles. The maximum atomic E-state index is 13.1. The Kier molecular flexibility index (Phi) is 63.1. The number of phosphoric acid groups is 2. The lowest BCUT2D eigenvalue weighted by Crippen LogP contribution is -2.30. The summed E-state index contributed by atoms with van der Waals surface area (Å²) in [6, 6.07) is 0. The second kappa shape index (κ2) is 64.4. The first-order valence-corrected chi connectivity index (χ1v) is 41.7. The summed E-state index contributed by atoms with van der Waals surface area (Å²) >= 11 is 0. The van der Waals surface area contributed by atoms with Crippen LogP contribution in [-0.2, 0) is 65.4 Å². The topological polar surface area (TPSA) is 237 Å². The van der Waals surface area contributed by atoms with E-state index in [2.05, 4.69) is 55.4 Å². The van der Waals surface area contributed by atoms with Gasteiger partial charge in [0, 0.05) is 25.7 Å². The van der Waals surface area contributed by atoms with Gasteiger partial charge in [-0.25, -0.2) is 9.13 Å². The van der Waals surface area contributed by atoms with Crippen LogP contribution in [0.5, 0.6) is 0 Å². The van der Waals surface area contributed by atoms with Gasteiger partial charge >= 0.3 is 39.5 Å². The van der Waals surface area contributed by atoms with Gasteiger partial charge in [0.2, 0.25) is 0 Å². The molecule has 6 atom stereocenters. The van der Waals surface area contributed by atoms with Gasteiger partial charge < -0.3 is 33.8 Å². The van der Waals surface area contributed by atoms with Gasteiger partial charge in [0.15, 0.2) is 12.2 Å². The standard InChI is InChI=1S/C75H146O17P2/c1-9-68(8)54-46-38-33-34-40-48-56-73(78)86-62-71(92-74(79)57-49-41-31-23-19-17-15-13-11-10-12-14-16-18-21-27-35-43-51-65(2)3)64-90-94(83,84)88-60-69(76)59-87-93(81,82)89-63-70(61-85-72(77)55-47-39-30-26-25-29-37-45-53-67(6)7)91-75(80)58-50-42-32-24-20-22-28-36-44-52-66(4)5/h65-71,76H,9-64H2,1-8H3,(H,81,82)(H,83,84)/t68?,69-,70-,71-/m1/s1. The molecule has 0 spiro atoms. The van der Waals surface area contributed by atoms with Crippen molar-refractivity contribution in [2.45, 2.75) is 395 Å². The van der Waals surface area contributed by atoms with E-state index in [9.17, 15) is 43.2 Å². The van der Waals surface area contributed by atoms with Crippen LogP contribution in [0.2, 0.25) is 0 Å². The molecule has 19 heteroatoms. The van der Waals surface area contributed by atoms with E-state index in [1.54, 1.807) is 0 Å². The molecule has 0 aromatic heterocycles. The molecule has 0 aliphatic rings. The van der Waals surface area contributed by atoms with Crippen LogP contribution in [0.4, 0.5) is 0 Å². The average molecular weight is 1380 g/mol. The lowest BCUT2D eigenvalue weighted by molar-refractivity contribution is -0.161. The number of unbranched alkanes of at least 4 members (excludes halogenated alkanes) is 37. The van der Waals surface area contributed by atoms with Crippen LogP contribution in [0.3, 0.4) is 0 Å². The lowest BCUT2D eigenvalue weighted by Gasteiger charge is -2.21. The molecule has 0 fully saturated rings. The molecule has 0 aromatic carbocycles. The van der Waals surface area contributed by atoms with E-state index in [1.807, 2.05) is 0 Å². The Bertz CT molecular complexity index is 1850. The minimum absolute atomic E-state index is 0.104. The fraction of sp³-hybridized carbons (Fsp3) is 0.947. The van der Waals surface area contributed by atoms with Gasteiger partial charge in [0.05, 0.1) is 26.4 Å². The van der Waals surface area contributed by atoms with Gasteiger partial charge in [-0.3, -0.25) is 37.3 Å². The maximum absolute atomic E-state index is 13.1. The Balaban J connectivity index is 5.18. The van der Waals surface area contributed by atoms with Crippen molar-refractivity contribution in [2.24, 2.45) is 23.7 Å². The van der Waals surface area contributed by atoms with Gasteiger partial charge in [-0.1, -0.05) is 325 Å². The molecule has 0 heterocycles. The van der Waals surface area contributed by atoms with Crippen molar-refractivity contribution in [3.05, 3.63) is 0 Å². The van der Waals surface area contributed by atoms with Gasteiger partial charge in [-0.05, 0) is 49.4 Å². The number of phosphoric ester groups is 2. The molecule has 0 aliphatic carbocycles. The summed E-state index contributed by atoms with van der Waals surface area (Å²) in [5.41, 5.74) is 0. The van der Waals surface area contributed by atoms with E-state index in [0.717, 1.165) is 120 Å². The van der Waals surface area contributed by atoms with Gasteiger partial charge in [-0.15, -0.1) is 0 Å². The third-order valence-corrected chi connectivity index (χ3v) is 19.6. The van der Waals surface area contributed by atoms with Crippen molar-refractivity contribution >= 4 is 39.5 Å². The van der Waals surface area contributed by atoms with E-state index in [0.29, 0.717) is 25.7 Å². The zero-order valence-corrected chi connectivity index (χ0v) is 63.4. The van der Waals surface area contributed by atoms with E-state index in [4.69, 9.17) is 37.0 Å². The quantitative estimate of drug-likeness (QED) is 0.0222. The minimum atomic E-state index is -4.96. The SMILES string of the molecule is CCC(C)CCCCCCCCC(=O)OC[C@H](COP(=O)(O)OC[C@H](O)COP(=O)(O)OC[C@@H](COC(=O)CCCCCCCCCCC(C)C)OC(=O)CCCCCCCCCCCC(C)C)OC(=O)CCCCCCCCCCCCCCCCCCCCC(C)C. The minimum Gasteiger partial charge on any atom is -0.462 e. The molecule has 0 saturated heterocycles. The molecule has 0 amide bonds. The molecule has 0 aliphatic heterocycles. The zero-order chi connectivity index (χ0) is 69.6. The second-order valence-corrected chi connectivity index (χ2v) is 31.6. The highest BCUT2D eigenvalue weighted by atomic mass is 31.2. The summed E-state index contributed by atoms with van der Waals surface area (Å²) in [6.07, 6.45) is 48.8. The number of ether oxygens (including phenoxy) is 4. The number of hydrogen-bond acceptors (Lipinski definition) is 15. The van der Waals surface area contributed by atoms with Crippen molar-refractivity contribution < 1.29 is 80.2 Å². The van der Waals surface area contributed by atoms with Crippen LogP contribution in [0.1, 0.15) is 376 Å². The van der Waals surface area contributed by atoms with Crippen LogP contribution >= 0.6 is 15.6 Å². The van der Waals surface area contributed by atoms with Crippen molar-refractivity contribution in [1.29, 1.82) is 0 Å². The second-order valence-electron chi connectivity index (χ2n) is 28.7. The monoisotopic (exact) mass is 1380 g/mol. The molecule has 17 nitrogen and oxygen atoms in total. The lowest BCUT2D eigenvalue weighted by atomic mass is 10.00. The molecule has 0 radical (unpaired) electrons. The normalized spacial score (nSPS) is 14.4. The first-order valence-electron chi connectivity index (χ1n) is 38.7. The summed E-state index contributed by atoms with van der Waals surface area (Å²) in [7, 11) is -9.91. The van der Waals surface area contributed by atoms with Gasteiger partial charge in [-0.2, -0.15) is 0 Å². The summed E-state index contributed by atoms with van der Waals surface area (Å²) in [4.78, 5) is 72.7. The first kappa shape index (κ1) is 92.1. The molecule has 558 valence electrons. The fourth-order valence-electron chi connectivity index (χ4n) is 11.3.